The van der Waals surface area contributed by atoms with E-state index in [1.165, 1.54) is 0 Å². The molecule has 7 heteroatoms. The smallest absolute Gasteiger partial charge is 0.272 e. The maximum absolute atomic E-state index is 12.1. The summed E-state index contributed by atoms with van der Waals surface area (Å²) >= 11 is 4.27. The molecule has 110 valence electrons. The lowest BCUT2D eigenvalue weighted by molar-refractivity contribution is -0.117. The maximum atomic E-state index is 12.1. The van der Waals surface area contributed by atoms with Crippen molar-refractivity contribution in [3.05, 3.63) is 38.9 Å². The zero-order valence-electron chi connectivity index (χ0n) is 11.2. The predicted molar refractivity (Wildman–Crippen MR) is 84.0 cm³/mol. The summed E-state index contributed by atoms with van der Waals surface area (Å²) in [4.78, 5) is 35.7. The number of fused-ring (bicyclic) bond motifs is 1. The highest BCUT2D eigenvalue weighted by Crippen LogP contribution is 2.49. The summed E-state index contributed by atoms with van der Waals surface area (Å²) in [5, 5.41) is 7.73. The van der Waals surface area contributed by atoms with E-state index < -0.39 is 11.1 Å². The molecular weight excluding hydrogens is 290 g/mol. The number of carbonyl (C=O) groups excluding carboxylic acids is 1. The van der Waals surface area contributed by atoms with Gasteiger partial charge in [-0.15, -0.1) is 0 Å². The first-order chi connectivity index (χ1) is 10.0. The van der Waals surface area contributed by atoms with Crippen LogP contribution in [0.3, 0.4) is 0 Å². The molecule has 1 aromatic heterocycles. The van der Waals surface area contributed by atoms with Gasteiger partial charge in [-0.25, -0.2) is 0 Å². The third kappa shape index (κ3) is 2.61. The molecule has 0 bridgehead atoms. The number of H-pyrrole nitrogens is 2. The average molecular weight is 305 g/mol. The van der Waals surface area contributed by atoms with E-state index in [9.17, 15) is 14.4 Å². The van der Waals surface area contributed by atoms with Gasteiger partial charge in [-0.1, -0.05) is 6.07 Å². The first-order valence-electron chi connectivity index (χ1n) is 6.69. The van der Waals surface area contributed by atoms with Crippen LogP contribution in [0.5, 0.6) is 0 Å². The van der Waals surface area contributed by atoms with Crippen LogP contribution in [0.4, 0.5) is 5.69 Å². The summed E-state index contributed by atoms with van der Waals surface area (Å²) in [6, 6.07) is 4.81. The fraction of sp³-hybridized carbons (Fsp3) is 0.357. The molecule has 0 spiro atoms. The highest BCUT2D eigenvalue weighted by Gasteiger charge is 2.42. The molecule has 1 amide bonds. The van der Waals surface area contributed by atoms with Gasteiger partial charge in [0.15, 0.2) is 0 Å². The summed E-state index contributed by atoms with van der Waals surface area (Å²) in [6.07, 6.45) is 2.38. The van der Waals surface area contributed by atoms with E-state index in [4.69, 9.17) is 0 Å². The Balaban J connectivity index is 1.94. The number of aromatic amines is 2. The van der Waals surface area contributed by atoms with Crippen LogP contribution in [0.2, 0.25) is 0 Å². The first kappa shape index (κ1) is 13.9. The largest absolute Gasteiger partial charge is 0.325 e. The fourth-order valence-electron chi connectivity index (χ4n) is 2.44. The average Bonchev–Trinajstić information content (AvgIpc) is 3.23. The molecule has 1 saturated carbocycles. The Morgan fingerprint density at radius 1 is 1.24 bits per heavy atom. The van der Waals surface area contributed by atoms with Crippen molar-refractivity contribution in [2.45, 2.75) is 19.3 Å². The minimum Gasteiger partial charge on any atom is -0.325 e. The molecule has 3 N–H and O–H groups in total. The number of hydrogen-bond acceptors (Lipinski definition) is 4. The third-order valence-electron chi connectivity index (χ3n) is 3.93. The Bertz CT molecular complexity index is 820. The summed E-state index contributed by atoms with van der Waals surface area (Å²) in [5.74, 6) is 0.518. The summed E-state index contributed by atoms with van der Waals surface area (Å²) < 4.78 is 0. The van der Waals surface area contributed by atoms with Gasteiger partial charge in [0.2, 0.25) is 5.91 Å². The molecule has 6 nitrogen and oxygen atoms in total. The Kier molecular flexibility index (Phi) is 3.36. The molecule has 21 heavy (non-hydrogen) atoms. The van der Waals surface area contributed by atoms with Gasteiger partial charge in [-0.2, -0.15) is 12.6 Å². The van der Waals surface area contributed by atoms with E-state index in [1.807, 2.05) is 0 Å². The Morgan fingerprint density at radius 2 is 1.95 bits per heavy atom. The fourth-order valence-corrected chi connectivity index (χ4v) is 2.86. The number of hydrogen-bond donors (Lipinski definition) is 4. The van der Waals surface area contributed by atoms with E-state index in [-0.39, 0.29) is 22.1 Å². The zero-order valence-corrected chi connectivity index (χ0v) is 12.1. The lowest BCUT2D eigenvalue weighted by Gasteiger charge is -2.12. The second kappa shape index (κ2) is 5.07. The normalized spacial score (nSPS) is 15.9. The van der Waals surface area contributed by atoms with Crippen LogP contribution in [0.15, 0.2) is 27.8 Å². The SMILES string of the molecule is O=C(CC1(CS)CC1)Nc1cccc2c(=O)[nH][nH]c(=O)c12. The van der Waals surface area contributed by atoms with Crippen LogP contribution in [-0.2, 0) is 4.79 Å². The lowest BCUT2D eigenvalue weighted by Crippen LogP contribution is -2.23. The molecule has 3 rings (SSSR count). The van der Waals surface area contributed by atoms with E-state index in [1.54, 1.807) is 18.2 Å². The quantitative estimate of drug-likeness (QED) is 0.640. The third-order valence-corrected chi connectivity index (χ3v) is 4.60. The van der Waals surface area contributed by atoms with Gasteiger partial charge in [0.05, 0.1) is 16.5 Å². The van der Waals surface area contributed by atoms with Crippen LogP contribution in [-0.4, -0.2) is 21.9 Å². The molecule has 1 aliphatic rings. The molecule has 0 unspecified atom stereocenters. The monoisotopic (exact) mass is 305 g/mol. The second-order valence-corrected chi connectivity index (χ2v) is 5.84. The highest BCUT2D eigenvalue weighted by atomic mass is 32.1. The molecule has 0 atom stereocenters. The number of benzene rings is 1. The van der Waals surface area contributed by atoms with Gasteiger partial charge in [-0.05, 0) is 36.1 Å². The van der Waals surface area contributed by atoms with Gasteiger partial charge in [0.1, 0.15) is 0 Å². The van der Waals surface area contributed by atoms with Gasteiger partial charge in [-0.3, -0.25) is 24.6 Å². The van der Waals surface area contributed by atoms with Crippen LogP contribution in [0.25, 0.3) is 10.8 Å². The molecule has 1 heterocycles. The number of carbonyl (C=O) groups is 1. The molecule has 1 aliphatic carbocycles. The number of thiol groups is 1. The first-order valence-corrected chi connectivity index (χ1v) is 7.32. The van der Waals surface area contributed by atoms with Gasteiger partial charge < -0.3 is 5.32 Å². The Labute approximate surface area is 125 Å². The topological polar surface area (TPSA) is 94.8 Å². The minimum atomic E-state index is -0.434. The van der Waals surface area contributed by atoms with Gasteiger partial charge in [0.25, 0.3) is 11.1 Å². The minimum absolute atomic E-state index is 0.00166. The van der Waals surface area contributed by atoms with Crippen LogP contribution < -0.4 is 16.4 Å². The van der Waals surface area contributed by atoms with E-state index in [0.29, 0.717) is 17.9 Å². The molecule has 2 aromatic rings. The summed E-state index contributed by atoms with van der Waals surface area (Å²) in [5.41, 5.74) is -0.466. The van der Waals surface area contributed by atoms with Crippen LogP contribution >= 0.6 is 12.6 Å². The van der Waals surface area contributed by atoms with Crippen molar-refractivity contribution < 1.29 is 4.79 Å². The molecule has 0 radical (unpaired) electrons. The van der Waals surface area contributed by atoms with Gasteiger partial charge >= 0.3 is 0 Å². The van der Waals surface area contributed by atoms with Crippen LogP contribution in [0, 0.1) is 5.41 Å². The molecule has 1 fully saturated rings. The van der Waals surface area contributed by atoms with Gasteiger partial charge in [0, 0.05) is 6.42 Å². The number of anilines is 1. The molecular formula is C14H15N3O3S. The Hall–Kier alpha value is -2.02. The van der Waals surface area contributed by atoms with E-state index in [2.05, 4.69) is 28.1 Å². The van der Waals surface area contributed by atoms with E-state index in [0.717, 1.165) is 12.8 Å². The highest BCUT2D eigenvalue weighted by molar-refractivity contribution is 7.80. The van der Waals surface area contributed by atoms with Crippen molar-refractivity contribution in [1.29, 1.82) is 0 Å². The number of nitrogens with one attached hydrogen (secondary N) is 3. The van der Waals surface area contributed by atoms with Crippen molar-refractivity contribution in [1.82, 2.24) is 10.2 Å². The van der Waals surface area contributed by atoms with Crippen molar-refractivity contribution >= 4 is 35.0 Å². The van der Waals surface area contributed by atoms with Crippen molar-refractivity contribution in [2.24, 2.45) is 5.41 Å². The zero-order chi connectivity index (χ0) is 15.0. The summed E-state index contributed by atoms with van der Waals surface area (Å²) in [6.45, 7) is 0. The molecule has 0 aliphatic heterocycles. The standard InChI is InChI=1S/C14H15N3O3S/c18-10(6-14(7-21)4-5-14)15-9-3-1-2-8-11(9)13(20)17-16-12(8)19/h1-3,21H,4-7H2,(H,15,18)(H,16,19)(H,17,20). The second-order valence-electron chi connectivity index (χ2n) is 5.52. The number of rotatable bonds is 4. The lowest BCUT2D eigenvalue weighted by atomic mass is 10.0. The van der Waals surface area contributed by atoms with E-state index >= 15 is 0 Å². The summed E-state index contributed by atoms with van der Waals surface area (Å²) in [7, 11) is 0. The van der Waals surface area contributed by atoms with Crippen LogP contribution in [0.1, 0.15) is 19.3 Å². The van der Waals surface area contributed by atoms with Crippen molar-refractivity contribution in [3.8, 4) is 0 Å². The molecule has 1 aromatic carbocycles. The Morgan fingerprint density at radius 3 is 2.62 bits per heavy atom. The molecule has 0 saturated heterocycles. The number of aromatic nitrogens is 2. The van der Waals surface area contributed by atoms with Crippen molar-refractivity contribution in [3.63, 3.8) is 0 Å². The van der Waals surface area contributed by atoms with Crippen molar-refractivity contribution in [2.75, 3.05) is 11.1 Å². The number of amides is 1. The predicted octanol–water partition coefficient (Wildman–Crippen LogP) is 1.25. The maximum Gasteiger partial charge on any atom is 0.272 e.